The number of fused-ring (bicyclic) bond motifs is 2. The molecule has 0 amide bonds. The molecular weight excluding hydrogens is 316 g/mol. The van der Waals surface area contributed by atoms with Crippen molar-refractivity contribution in [2.75, 3.05) is 12.0 Å². The van der Waals surface area contributed by atoms with Gasteiger partial charge in [0.1, 0.15) is 11.5 Å². The monoisotopic (exact) mass is 330 g/mol. The number of carbonyl (C=O) groups excluding carboxylic acids is 1. The second kappa shape index (κ2) is 5.72. The van der Waals surface area contributed by atoms with Gasteiger partial charge in [-0.2, -0.15) is 0 Å². The van der Waals surface area contributed by atoms with Gasteiger partial charge >= 0.3 is 5.97 Å². The molecule has 0 spiro atoms. The van der Waals surface area contributed by atoms with Crippen LogP contribution in [0.2, 0.25) is 0 Å². The molecule has 1 aliphatic rings. The lowest BCUT2D eigenvalue weighted by atomic mass is 10.2. The van der Waals surface area contributed by atoms with Gasteiger partial charge in [0.05, 0.1) is 11.7 Å². The largest absolute Gasteiger partial charge is 0.456 e. The van der Waals surface area contributed by atoms with Crippen LogP contribution >= 0.6 is 22.7 Å². The number of thiophene rings is 2. The van der Waals surface area contributed by atoms with Gasteiger partial charge in [0.25, 0.3) is 0 Å². The standard InChI is InChI=1S/C16H14N2O2S2/c19-16(14-6-11-7-17-9-18-15(11)22-14)20-8-12-5-10-3-1-2-4-13(10)21-12/h1-6,17-18H,7-9H2. The summed E-state index contributed by atoms with van der Waals surface area (Å²) in [6, 6.07) is 12.2. The van der Waals surface area contributed by atoms with Crippen molar-refractivity contribution in [2.45, 2.75) is 13.2 Å². The van der Waals surface area contributed by atoms with E-state index in [1.807, 2.05) is 18.2 Å². The molecule has 0 saturated carbocycles. The number of hydrogen-bond acceptors (Lipinski definition) is 6. The Morgan fingerprint density at radius 3 is 3.00 bits per heavy atom. The maximum Gasteiger partial charge on any atom is 0.348 e. The summed E-state index contributed by atoms with van der Waals surface area (Å²) in [6.07, 6.45) is 0. The second-order valence-corrected chi connectivity index (χ2v) is 7.29. The third-order valence-electron chi connectivity index (χ3n) is 3.52. The highest BCUT2D eigenvalue weighted by Crippen LogP contribution is 2.31. The van der Waals surface area contributed by atoms with Crippen LogP contribution in [0.1, 0.15) is 20.1 Å². The van der Waals surface area contributed by atoms with E-state index in [0.29, 0.717) is 11.5 Å². The number of esters is 1. The topological polar surface area (TPSA) is 50.4 Å². The number of rotatable bonds is 3. The molecule has 22 heavy (non-hydrogen) atoms. The lowest BCUT2D eigenvalue weighted by Gasteiger charge is -2.13. The van der Waals surface area contributed by atoms with Crippen molar-refractivity contribution < 1.29 is 9.53 Å². The second-order valence-electron chi connectivity index (χ2n) is 5.07. The first-order chi connectivity index (χ1) is 10.8. The first-order valence-corrected chi connectivity index (χ1v) is 8.65. The van der Waals surface area contributed by atoms with Gasteiger partial charge in [0.2, 0.25) is 0 Å². The molecule has 0 radical (unpaired) electrons. The van der Waals surface area contributed by atoms with Gasteiger partial charge in [-0.05, 0) is 23.6 Å². The van der Waals surface area contributed by atoms with Gasteiger partial charge in [-0.25, -0.2) is 4.79 Å². The normalized spacial score (nSPS) is 13.6. The van der Waals surface area contributed by atoms with Gasteiger partial charge in [-0.3, -0.25) is 5.32 Å². The highest BCUT2D eigenvalue weighted by molar-refractivity contribution is 7.19. The van der Waals surface area contributed by atoms with Crippen LogP contribution in [-0.4, -0.2) is 12.6 Å². The number of benzene rings is 1. The van der Waals surface area contributed by atoms with E-state index < -0.39 is 0 Å². The van der Waals surface area contributed by atoms with Crippen LogP contribution < -0.4 is 10.6 Å². The molecule has 0 atom stereocenters. The molecule has 3 aromatic rings. The van der Waals surface area contributed by atoms with E-state index in [2.05, 4.69) is 28.8 Å². The number of nitrogens with one attached hydrogen (secondary N) is 2. The Bertz CT molecular complexity index is 781. The Morgan fingerprint density at radius 2 is 2.14 bits per heavy atom. The minimum absolute atomic E-state index is 0.251. The SMILES string of the molecule is O=C(OCc1cc2ccccc2s1)c1cc2c(s1)NCNC2. The predicted molar refractivity (Wildman–Crippen MR) is 90.6 cm³/mol. The Morgan fingerprint density at radius 1 is 1.23 bits per heavy atom. The fraction of sp³-hybridized carbons (Fsp3) is 0.188. The Balaban J connectivity index is 1.46. The van der Waals surface area contributed by atoms with Crippen molar-refractivity contribution in [3.8, 4) is 0 Å². The molecule has 0 fully saturated rings. The van der Waals surface area contributed by atoms with Gasteiger partial charge < -0.3 is 10.1 Å². The van der Waals surface area contributed by atoms with Crippen LogP contribution in [0.25, 0.3) is 10.1 Å². The van der Waals surface area contributed by atoms with Gasteiger partial charge in [0, 0.05) is 21.7 Å². The highest BCUT2D eigenvalue weighted by atomic mass is 32.1. The maximum atomic E-state index is 12.2. The molecule has 1 aliphatic heterocycles. The molecule has 3 heterocycles. The molecule has 0 aliphatic carbocycles. The summed E-state index contributed by atoms with van der Waals surface area (Å²) in [7, 11) is 0. The molecule has 6 heteroatoms. The third kappa shape index (κ3) is 2.61. The van der Waals surface area contributed by atoms with Crippen LogP contribution in [0, 0.1) is 0 Å². The Labute approximate surface area is 135 Å². The van der Waals surface area contributed by atoms with Crippen LogP contribution in [0.3, 0.4) is 0 Å². The average Bonchev–Trinajstić information content (AvgIpc) is 3.15. The van der Waals surface area contributed by atoms with E-state index in [-0.39, 0.29) is 5.97 Å². The summed E-state index contributed by atoms with van der Waals surface area (Å²) >= 11 is 3.13. The van der Waals surface area contributed by atoms with Crippen LogP contribution in [0.5, 0.6) is 0 Å². The smallest absolute Gasteiger partial charge is 0.348 e. The van der Waals surface area contributed by atoms with Gasteiger partial charge in [-0.15, -0.1) is 22.7 Å². The van der Waals surface area contributed by atoms with E-state index in [4.69, 9.17) is 4.74 Å². The zero-order valence-electron chi connectivity index (χ0n) is 11.7. The fourth-order valence-electron chi connectivity index (χ4n) is 2.47. The van der Waals surface area contributed by atoms with Crippen molar-refractivity contribution in [2.24, 2.45) is 0 Å². The molecule has 1 aromatic carbocycles. The summed E-state index contributed by atoms with van der Waals surface area (Å²) in [4.78, 5) is 13.9. The Hall–Kier alpha value is -1.89. The van der Waals surface area contributed by atoms with Gasteiger partial charge in [-0.1, -0.05) is 18.2 Å². The number of ether oxygens (including phenoxy) is 1. The van der Waals surface area contributed by atoms with Crippen LogP contribution in [0.4, 0.5) is 5.00 Å². The zero-order chi connectivity index (χ0) is 14.9. The molecule has 4 rings (SSSR count). The number of carbonyl (C=O) groups is 1. The zero-order valence-corrected chi connectivity index (χ0v) is 13.4. The quantitative estimate of drug-likeness (QED) is 0.717. The summed E-state index contributed by atoms with van der Waals surface area (Å²) in [6.45, 7) is 1.86. The Kier molecular flexibility index (Phi) is 3.57. The highest BCUT2D eigenvalue weighted by Gasteiger charge is 2.18. The summed E-state index contributed by atoms with van der Waals surface area (Å²) in [5.74, 6) is -0.251. The molecule has 2 aromatic heterocycles. The molecule has 0 bridgehead atoms. The van der Waals surface area contributed by atoms with Crippen molar-refractivity contribution in [1.29, 1.82) is 0 Å². The molecule has 2 N–H and O–H groups in total. The first kappa shape index (κ1) is 13.8. The third-order valence-corrected chi connectivity index (χ3v) is 5.73. The summed E-state index contributed by atoms with van der Waals surface area (Å²) < 4.78 is 6.67. The van der Waals surface area contributed by atoms with Gasteiger partial charge in [0.15, 0.2) is 0 Å². The van der Waals surface area contributed by atoms with Crippen molar-refractivity contribution in [3.05, 3.63) is 51.7 Å². The van der Waals surface area contributed by atoms with Crippen LogP contribution in [-0.2, 0) is 17.9 Å². The van der Waals surface area contributed by atoms with Crippen molar-refractivity contribution >= 4 is 43.7 Å². The summed E-state index contributed by atoms with van der Waals surface area (Å²) in [5, 5.41) is 8.70. The van der Waals surface area contributed by atoms with E-state index in [0.717, 1.165) is 28.7 Å². The molecular formula is C16H14N2O2S2. The average molecular weight is 330 g/mol. The lowest BCUT2D eigenvalue weighted by Crippen LogP contribution is -2.26. The van der Waals surface area contributed by atoms with E-state index in [1.54, 1.807) is 11.3 Å². The molecule has 0 unspecified atom stereocenters. The number of hydrogen-bond donors (Lipinski definition) is 2. The minimum atomic E-state index is -0.251. The van der Waals surface area contributed by atoms with Crippen LogP contribution in [0.15, 0.2) is 36.4 Å². The fourth-order valence-corrected chi connectivity index (χ4v) is 4.41. The van der Waals surface area contributed by atoms with Crippen molar-refractivity contribution in [3.63, 3.8) is 0 Å². The maximum absolute atomic E-state index is 12.2. The van der Waals surface area contributed by atoms with E-state index in [1.165, 1.54) is 21.4 Å². The first-order valence-electron chi connectivity index (χ1n) is 7.01. The summed E-state index contributed by atoms with van der Waals surface area (Å²) in [5.41, 5.74) is 1.13. The van der Waals surface area contributed by atoms with Crippen molar-refractivity contribution in [1.82, 2.24) is 5.32 Å². The van der Waals surface area contributed by atoms with E-state index >= 15 is 0 Å². The number of anilines is 1. The minimum Gasteiger partial charge on any atom is -0.456 e. The molecule has 112 valence electrons. The molecule has 0 saturated heterocycles. The lowest BCUT2D eigenvalue weighted by molar-refractivity contribution is 0.0482. The molecule has 4 nitrogen and oxygen atoms in total. The van der Waals surface area contributed by atoms with E-state index in [9.17, 15) is 4.79 Å². The predicted octanol–water partition coefficient (Wildman–Crippen LogP) is 3.79.